The Kier molecular flexibility index (Phi) is 5.84. The minimum Gasteiger partial charge on any atom is -0.493 e. The molecule has 0 saturated carbocycles. The summed E-state index contributed by atoms with van der Waals surface area (Å²) in [5, 5.41) is 5.37. The number of aromatic nitrogens is 2. The standard InChI is InChI=1S/C20H21F2N7O3/c1-32-16-11-24-19(26-17(16)18(23)30)27-4-6-28(7-5-27)20(31)29-15(2-3-25-29)12-8-13(21)10-14(22)9-12/h3,8-11,15H,2,4-7H2,1H3,(H2,23,30). The fourth-order valence-corrected chi connectivity index (χ4v) is 3.73. The molecular weight excluding hydrogens is 424 g/mol. The molecule has 2 aliphatic heterocycles. The van der Waals surface area contributed by atoms with Crippen LogP contribution in [0.15, 0.2) is 29.5 Å². The van der Waals surface area contributed by atoms with Crippen LogP contribution in [-0.2, 0) is 0 Å². The first kappa shape index (κ1) is 21.4. The monoisotopic (exact) mass is 445 g/mol. The molecular formula is C20H21F2N7O3. The first-order chi connectivity index (χ1) is 15.4. The lowest BCUT2D eigenvalue weighted by Gasteiger charge is -2.37. The molecule has 10 nitrogen and oxygen atoms in total. The van der Waals surface area contributed by atoms with E-state index in [9.17, 15) is 18.4 Å². The second-order valence-electron chi connectivity index (χ2n) is 7.30. The number of rotatable bonds is 4. The quantitative estimate of drug-likeness (QED) is 0.763. The molecule has 168 valence electrons. The van der Waals surface area contributed by atoms with E-state index >= 15 is 0 Å². The van der Waals surface area contributed by atoms with Crippen LogP contribution in [0.25, 0.3) is 0 Å². The molecule has 1 fully saturated rings. The number of nitrogens with zero attached hydrogens (tertiary/aromatic N) is 6. The van der Waals surface area contributed by atoms with E-state index in [0.29, 0.717) is 44.1 Å². The highest BCUT2D eigenvalue weighted by atomic mass is 19.1. The van der Waals surface area contributed by atoms with E-state index in [1.54, 1.807) is 11.1 Å². The lowest BCUT2D eigenvalue weighted by atomic mass is 10.0. The molecule has 0 radical (unpaired) electrons. The van der Waals surface area contributed by atoms with Crippen LogP contribution in [0.5, 0.6) is 5.75 Å². The largest absolute Gasteiger partial charge is 0.493 e. The number of hydrogen-bond acceptors (Lipinski definition) is 7. The highest BCUT2D eigenvalue weighted by Crippen LogP contribution is 2.30. The maximum absolute atomic E-state index is 13.6. The summed E-state index contributed by atoms with van der Waals surface area (Å²) in [6, 6.07) is 2.27. The van der Waals surface area contributed by atoms with Crippen LogP contribution in [0.4, 0.5) is 19.5 Å². The van der Waals surface area contributed by atoms with E-state index in [2.05, 4.69) is 15.1 Å². The van der Waals surface area contributed by atoms with Gasteiger partial charge in [0.1, 0.15) is 11.6 Å². The number of hydrogen-bond donors (Lipinski definition) is 1. The fourth-order valence-electron chi connectivity index (χ4n) is 3.73. The Hall–Kier alpha value is -3.83. The lowest BCUT2D eigenvalue weighted by molar-refractivity contribution is 0.0992. The SMILES string of the molecule is COc1cnc(N2CCN(C(=O)N3N=CCC3c3cc(F)cc(F)c3)CC2)nc1C(N)=O. The minimum absolute atomic E-state index is 0.0208. The first-order valence-electron chi connectivity index (χ1n) is 9.89. The van der Waals surface area contributed by atoms with Gasteiger partial charge in [-0.05, 0) is 17.7 Å². The number of urea groups is 1. The molecule has 2 aliphatic rings. The molecule has 2 aromatic rings. The van der Waals surface area contributed by atoms with Crippen LogP contribution >= 0.6 is 0 Å². The number of carbonyl (C=O) groups is 2. The van der Waals surface area contributed by atoms with Crippen molar-refractivity contribution >= 4 is 24.1 Å². The molecule has 1 aromatic carbocycles. The summed E-state index contributed by atoms with van der Waals surface area (Å²) in [6.45, 7) is 1.51. The number of amides is 3. The van der Waals surface area contributed by atoms with Crippen molar-refractivity contribution in [3.05, 3.63) is 47.3 Å². The Morgan fingerprint density at radius 2 is 1.81 bits per heavy atom. The van der Waals surface area contributed by atoms with Crippen LogP contribution in [0.2, 0.25) is 0 Å². The van der Waals surface area contributed by atoms with E-state index in [1.807, 2.05) is 4.90 Å². The van der Waals surface area contributed by atoms with E-state index < -0.39 is 23.6 Å². The molecule has 1 atom stereocenters. The van der Waals surface area contributed by atoms with Gasteiger partial charge in [-0.3, -0.25) is 4.79 Å². The molecule has 4 rings (SSSR count). The first-order valence-corrected chi connectivity index (χ1v) is 9.89. The Labute approximate surface area is 182 Å². The number of halogens is 2. The average molecular weight is 445 g/mol. The van der Waals surface area contributed by atoms with Crippen molar-refractivity contribution in [1.29, 1.82) is 0 Å². The van der Waals surface area contributed by atoms with Crippen LogP contribution in [0.3, 0.4) is 0 Å². The number of piperazine rings is 1. The number of carbonyl (C=O) groups excluding carboxylic acids is 2. The number of primary amides is 1. The van der Waals surface area contributed by atoms with E-state index in [1.165, 1.54) is 30.4 Å². The highest BCUT2D eigenvalue weighted by Gasteiger charge is 2.34. The van der Waals surface area contributed by atoms with E-state index in [4.69, 9.17) is 10.5 Å². The summed E-state index contributed by atoms with van der Waals surface area (Å²) in [6.07, 6.45) is 3.30. The van der Waals surface area contributed by atoms with Crippen molar-refractivity contribution in [3.63, 3.8) is 0 Å². The Morgan fingerprint density at radius 1 is 1.12 bits per heavy atom. The Morgan fingerprint density at radius 3 is 2.44 bits per heavy atom. The van der Waals surface area contributed by atoms with Gasteiger partial charge < -0.3 is 20.3 Å². The maximum Gasteiger partial charge on any atom is 0.341 e. The van der Waals surface area contributed by atoms with Gasteiger partial charge in [0.2, 0.25) is 5.95 Å². The van der Waals surface area contributed by atoms with Gasteiger partial charge in [0.25, 0.3) is 5.91 Å². The zero-order valence-corrected chi connectivity index (χ0v) is 17.2. The topological polar surface area (TPSA) is 117 Å². The Balaban J connectivity index is 1.44. The molecule has 12 heteroatoms. The van der Waals surface area contributed by atoms with Gasteiger partial charge in [-0.25, -0.2) is 28.6 Å². The number of nitrogens with two attached hydrogens (primary N) is 1. The predicted octanol–water partition coefficient (Wildman–Crippen LogP) is 1.54. The molecule has 2 N–H and O–H groups in total. The van der Waals surface area contributed by atoms with Crippen molar-refractivity contribution in [2.24, 2.45) is 10.8 Å². The van der Waals surface area contributed by atoms with Crippen LogP contribution < -0.4 is 15.4 Å². The van der Waals surface area contributed by atoms with Crippen LogP contribution in [0, 0.1) is 11.6 Å². The van der Waals surface area contributed by atoms with Crippen molar-refractivity contribution in [1.82, 2.24) is 19.9 Å². The molecule has 1 aromatic heterocycles. The fraction of sp³-hybridized carbons (Fsp3) is 0.350. The second kappa shape index (κ2) is 8.73. The summed E-state index contributed by atoms with van der Waals surface area (Å²) in [5.74, 6) is -1.66. The summed E-state index contributed by atoms with van der Waals surface area (Å²) >= 11 is 0. The summed E-state index contributed by atoms with van der Waals surface area (Å²) in [5.41, 5.74) is 5.68. The number of benzene rings is 1. The average Bonchev–Trinajstić information content (AvgIpc) is 3.27. The van der Waals surface area contributed by atoms with Crippen molar-refractivity contribution in [2.75, 3.05) is 38.2 Å². The summed E-state index contributed by atoms with van der Waals surface area (Å²) < 4.78 is 32.3. The predicted molar refractivity (Wildman–Crippen MR) is 110 cm³/mol. The van der Waals surface area contributed by atoms with E-state index in [0.717, 1.165) is 6.07 Å². The minimum atomic E-state index is -0.731. The molecule has 0 spiro atoms. The van der Waals surface area contributed by atoms with Crippen molar-refractivity contribution in [2.45, 2.75) is 12.5 Å². The van der Waals surface area contributed by atoms with Gasteiger partial charge in [-0.2, -0.15) is 5.10 Å². The number of anilines is 1. The van der Waals surface area contributed by atoms with Gasteiger partial charge in [0.05, 0.1) is 19.3 Å². The third-order valence-electron chi connectivity index (χ3n) is 5.32. The molecule has 0 aliphatic carbocycles. The third-order valence-corrected chi connectivity index (χ3v) is 5.32. The van der Waals surface area contributed by atoms with Gasteiger partial charge in [-0.1, -0.05) is 0 Å². The number of ether oxygens (including phenoxy) is 1. The molecule has 1 saturated heterocycles. The highest BCUT2D eigenvalue weighted by molar-refractivity contribution is 5.93. The van der Waals surface area contributed by atoms with Crippen molar-refractivity contribution in [3.8, 4) is 5.75 Å². The zero-order valence-electron chi connectivity index (χ0n) is 17.2. The molecule has 32 heavy (non-hydrogen) atoms. The number of hydrazone groups is 1. The maximum atomic E-state index is 13.6. The van der Waals surface area contributed by atoms with Gasteiger partial charge in [0.15, 0.2) is 11.4 Å². The normalized spacial score (nSPS) is 18.2. The van der Waals surface area contributed by atoms with Crippen molar-refractivity contribution < 1.29 is 23.1 Å². The van der Waals surface area contributed by atoms with Gasteiger partial charge >= 0.3 is 6.03 Å². The van der Waals surface area contributed by atoms with Gasteiger partial charge in [-0.15, -0.1) is 0 Å². The number of methoxy groups -OCH3 is 1. The summed E-state index contributed by atoms with van der Waals surface area (Å²) in [4.78, 5) is 36.5. The van der Waals surface area contributed by atoms with E-state index in [-0.39, 0.29) is 17.5 Å². The van der Waals surface area contributed by atoms with Crippen LogP contribution in [-0.4, -0.2) is 71.3 Å². The second-order valence-corrected chi connectivity index (χ2v) is 7.30. The lowest BCUT2D eigenvalue weighted by Crippen LogP contribution is -2.52. The zero-order chi connectivity index (χ0) is 22.8. The molecule has 3 heterocycles. The summed E-state index contributed by atoms with van der Waals surface area (Å²) in [7, 11) is 1.39. The Bertz CT molecular complexity index is 1050. The molecule has 1 unspecified atom stereocenters. The molecule has 0 bridgehead atoms. The van der Waals surface area contributed by atoms with Crippen LogP contribution in [0.1, 0.15) is 28.5 Å². The molecule has 3 amide bonds. The third kappa shape index (κ3) is 4.15. The van der Waals surface area contributed by atoms with Gasteiger partial charge in [0, 0.05) is 44.9 Å². The smallest absolute Gasteiger partial charge is 0.341 e.